The normalized spacial score (nSPS) is 14.5. The third-order valence-corrected chi connectivity index (χ3v) is 2.40. The summed E-state index contributed by atoms with van der Waals surface area (Å²) in [6.07, 6.45) is 0.966. The van der Waals surface area contributed by atoms with Crippen LogP contribution < -0.4 is 0 Å². The minimum absolute atomic E-state index is 0.483. The third-order valence-electron chi connectivity index (χ3n) is 2.40. The molecule has 66 valence electrons. The maximum Gasteiger partial charge on any atom is 0.309 e. The molecule has 11 heavy (non-hydrogen) atoms. The second kappa shape index (κ2) is 3.72. The highest BCUT2D eigenvalue weighted by atomic mass is 16.4. The fourth-order valence-corrected chi connectivity index (χ4v) is 1.09. The van der Waals surface area contributed by atoms with Crippen molar-refractivity contribution in [2.45, 2.75) is 39.2 Å². The van der Waals surface area contributed by atoms with Gasteiger partial charge in [-0.2, -0.15) is 0 Å². The Kier molecular flexibility index (Phi) is 3.52. The molecule has 0 radical (unpaired) electrons. The number of hydrogen-bond acceptors (Lipinski definition) is 2. The van der Waals surface area contributed by atoms with E-state index >= 15 is 0 Å². The smallest absolute Gasteiger partial charge is 0.309 e. The zero-order chi connectivity index (χ0) is 9.07. The summed E-state index contributed by atoms with van der Waals surface area (Å²) < 4.78 is 0. The van der Waals surface area contributed by atoms with Crippen molar-refractivity contribution in [3.63, 3.8) is 0 Å². The van der Waals surface area contributed by atoms with Crippen molar-refractivity contribution < 1.29 is 15.0 Å². The van der Waals surface area contributed by atoms with Crippen molar-refractivity contribution >= 4 is 5.97 Å². The van der Waals surface area contributed by atoms with Crippen LogP contribution in [0.5, 0.6) is 0 Å². The minimum Gasteiger partial charge on any atom is -0.481 e. The number of rotatable bonds is 4. The van der Waals surface area contributed by atoms with Crippen LogP contribution in [0.3, 0.4) is 0 Å². The van der Waals surface area contributed by atoms with Gasteiger partial charge in [0.1, 0.15) is 0 Å². The molecule has 0 rings (SSSR count). The standard InChI is InChI=1S/C8H16O3/c1-4-8(11,5-2)6(3)7(9)10/h6,11H,4-5H2,1-3H3,(H,9,10). The molecule has 0 aromatic rings. The van der Waals surface area contributed by atoms with Crippen LogP contribution >= 0.6 is 0 Å². The highest BCUT2D eigenvalue weighted by Gasteiger charge is 2.34. The molecule has 1 unspecified atom stereocenters. The molecule has 3 nitrogen and oxygen atoms in total. The Morgan fingerprint density at radius 2 is 1.82 bits per heavy atom. The first kappa shape index (κ1) is 10.4. The predicted molar refractivity (Wildman–Crippen MR) is 42.3 cm³/mol. The van der Waals surface area contributed by atoms with Gasteiger partial charge in [0.25, 0.3) is 0 Å². The van der Waals surface area contributed by atoms with Crippen LogP contribution in [0.15, 0.2) is 0 Å². The molecular weight excluding hydrogens is 144 g/mol. The van der Waals surface area contributed by atoms with Crippen LogP contribution in [0.4, 0.5) is 0 Å². The Morgan fingerprint density at radius 3 is 1.91 bits per heavy atom. The number of aliphatic carboxylic acids is 1. The number of carboxylic acids is 1. The molecule has 0 spiro atoms. The van der Waals surface area contributed by atoms with Crippen LogP contribution in [0.2, 0.25) is 0 Å². The summed E-state index contributed by atoms with van der Waals surface area (Å²) >= 11 is 0. The van der Waals surface area contributed by atoms with E-state index in [0.29, 0.717) is 12.8 Å². The van der Waals surface area contributed by atoms with Gasteiger partial charge < -0.3 is 10.2 Å². The molecule has 0 heterocycles. The third kappa shape index (κ3) is 2.19. The predicted octanol–water partition coefficient (Wildman–Crippen LogP) is 1.26. The van der Waals surface area contributed by atoms with Crippen molar-refractivity contribution in [2.24, 2.45) is 5.92 Å². The van der Waals surface area contributed by atoms with E-state index in [2.05, 4.69) is 0 Å². The average molecular weight is 160 g/mol. The molecule has 3 heteroatoms. The van der Waals surface area contributed by atoms with E-state index in [1.807, 2.05) is 0 Å². The fraction of sp³-hybridized carbons (Fsp3) is 0.875. The summed E-state index contributed by atoms with van der Waals surface area (Å²) in [7, 11) is 0. The molecule has 0 fully saturated rings. The summed E-state index contributed by atoms with van der Waals surface area (Å²) in [5, 5.41) is 18.3. The highest BCUT2D eigenvalue weighted by molar-refractivity contribution is 5.71. The van der Waals surface area contributed by atoms with E-state index in [4.69, 9.17) is 5.11 Å². The summed E-state index contributed by atoms with van der Waals surface area (Å²) in [5.74, 6) is -1.62. The zero-order valence-corrected chi connectivity index (χ0v) is 7.29. The van der Waals surface area contributed by atoms with Gasteiger partial charge in [-0.3, -0.25) is 4.79 Å². The Hall–Kier alpha value is -0.570. The Labute approximate surface area is 67.0 Å². The number of carboxylic acid groups (broad SMARTS) is 1. The summed E-state index contributed by atoms with van der Waals surface area (Å²) in [5.41, 5.74) is -1.04. The lowest BCUT2D eigenvalue weighted by Gasteiger charge is -2.29. The molecule has 0 saturated carbocycles. The minimum atomic E-state index is -1.04. The Morgan fingerprint density at radius 1 is 1.45 bits per heavy atom. The molecule has 0 aliphatic rings. The van der Waals surface area contributed by atoms with Gasteiger partial charge in [-0.1, -0.05) is 13.8 Å². The molecule has 0 aliphatic carbocycles. The Balaban J connectivity index is 4.36. The van der Waals surface area contributed by atoms with Crippen molar-refractivity contribution in [2.75, 3.05) is 0 Å². The van der Waals surface area contributed by atoms with Gasteiger partial charge >= 0.3 is 5.97 Å². The molecule has 0 saturated heterocycles. The molecule has 1 atom stereocenters. The fourth-order valence-electron chi connectivity index (χ4n) is 1.09. The van der Waals surface area contributed by atoms with Gasteiger partial charge in [0.05, 0.1) is 11.5 Å². The van der Waals surface area contributed by atoms with Crippen molar-refractivity contribution in [3.8, 4) is 0 Å². The lowest BCUT2D eigenvalue weighted by molar-refractivity contribution is -0.151. The van der Waals surface area contributed by atoms with E-state index in [1.54, 1.807) is 13.8 Å². The van der Waals surface area contributed by atoms with Crippen LogP contribution in [0, 0.1) is 5.92 Å². The molecule has 0 aromatic heterocycles. The van der Waals surface area contributed by atoms with Crippen LogP contribution in [-0.2, 0) is 4.79 Å². The quantitative estimate of drug-likeness (QED) is 0.651. The molecule has 0 amide bonds. The first-order valence-electron chi connectivity index (χ1n) is 3.93. The first-order chi connectivity index (χ1) is 4.98. The SMILES string of the molecule is CCC(O)(CC)C(C)C(=O)O. The van der Waals surface area contributed by atoms with E-state index in [9.17, 15) is 9.90 Å². The number of aliphatic hydroxyl groups is 1. The molecular formula is C8H16O3. The second-order valence-corrected chi connectivity index (χ2v) is 2.87. The molecule has 2 N–H and O–H groups in total. The van der Waals surface area contributed by atoms with Crippen molar-refractivity contribution in [1.29, 1.82) is 0 Å². The van der Waals surface area contributed by atoms with Gasteiger partial charge in [-0.05, 0) is 19.8 Å². The summed E-state index contributed by atoms with van der Waals surface area (Å²) in [4.78, 5) is 10.5. The summed E-state index contributed by atoms with van der Waals surface area (Å²) in [6.45, 7) is 5.13. The van der Waals surface area contributed by atoms with Gasteiger partial charge in [-0.25, -0.2) is 0 Å². The number of hydrogen-bond donors (Lipinski definition) is 2. The number of carbonyl (C=O) groups is 1. The van der Waals surface area contributed by atoms with Crippen molar-refractivity contribution in [3.05, 3.63) is 0 Å². The Bertz CT molecular complexity index is 138. The first-order valence-corrected chi connectivity index (χ1v) is 3.93. The van der Waals surface area contributed by atoms with Crippen LogP contribution in [0.1, 0.15) is 33.6 Å². The maximum atomic E-state index is 10.5. The van der Waals surface area contributed by atoms with E-state index < -0.39 is 17.5 Å². The van der Waals surface area contributed by atoms with E-state index in [-0.39, 0.29) is 0 Å². The molecule has 0 aromatic carbocycles. The van der Waals surface area contributed by atoms with Gasteiger partial charge in [0.2, 0.25) is 0 Å². The van der Waals surface area contributed by atoms with Crippen LogP contribution in [0.25, 0.3) is 0 Å². The molecule has 0 aliphatic heterocycles. The highest BCUT2D eigenvalue weighted by Crippen LogP contribution is 2.24. The van der Waals surface area contributed by atoms with Crippen LogP contribution in [-0.4, -0.2) is 21.8 Å². The lowest BCUT2D eigenvalue weighted by Crippen LogP contribution is -2.39. The zero-order valence-electron chi connectivity index (χ0n) is 7.29. The van der Waals surface area contributed by atoms with E-state index in [0.717, 1.165) is 0 Å². The van der Waals surface area contributed by atoms with Crippen molar-refractivity contribution in [1.82, 2.24) is 0 Å². The van der Waals surface area contributed by atoms with Gasteiger partial charge in [0, 0.05) is 0 Å². The lowest BCUT2D eigenvalue weighted by atomic mass is 9.84. The van der Waals surface area contributed by atoms with Gasteiger partial charge in [-0.15, -0.1) is 0 Å². The monoisotopic (exact) mass is 160 g/mol. The van der Waals surface area contributed by atoms with E-state index in [1.165, 1.54) is 6.92 Å². The average Bonchev–Trinajstić information content (AvgIpc) is 2.01. The summed E-state index contributed by atoms with van der Waals surface area (Å²) in [6, 6.07) is 0. The largest absolute Gasteiger partial charge is 0.481 e. The topological polar surface area (TPSA) is 57.5 Å². The van der Waals surface area contributed by atoms with Gasteiger partial charge in [0.15, 0.2) is 0 Å². The maximum absolute atomic E-state index is 10.5. The molecule has 0 bridgehead atoms. The second-order valence-electron chi connectivity index (χ2n) is 2.87.